The Kier molecular flexibility index (Phi) is 4.17. The minimum atomic E-state index is -0.816. The molecule has 114 valence electrons. The summed E-state index contributed by atoms with van der Waals surface area (Å²) in [7, 11) is 0. The van der Waals surface area contributed by atoms with Crippen molar-refractivity contribution >= 4 is 39.9 Å². The average molecular weight is 338 g/mol. The maximum atomic E-state index is 10.6. The van der Waals surface area contributed by atoms with Crippen molar-refractivity contribution in [2.45, 2.75) is 13.2 Å². The molecule has 0 atom stereocenters. The van der Waals surface area contributed by atoms with Crippen molar-refractivity contribution in [3.63, 3.8) is 0 Å². The van der Waals surface area contributed by atoms with E-state index in [1.54, 1.807) is 17.6 Å². The minimum Gasteiger partial charge on any atom is -0.486 e. The molecule has 22 heavy (non-hydrogen) atoms. The molecule has 3 rings (SSSR count). The summed E-state index contributed by atoms with van der Waals surface area (Å²) >= 11 is 7.73. The predicted octanol–water partition coefficient (Wildman–Crippen LogP) is 3.45. The number of hydrogen-bond acceptors (Lipinski definition) is 5. The van der Waals surface area contributed by atoms with Gasteiger partial charge >= 0.3 is 6.09 Å². The second-order valence-corrected chi connectivity index (χ2v) is 5.67. The van der Waals surface area contributed by atoms with Gasteiger partial charge in [0.25, 0.3) is 0 Å². The molecule has 0 fully saturated rings. The number of benzene rings is 1. The summed E-state index contributed by atoms with van der Waals surface area (Å²) in [6.07, 6.45) is -0.816. The predicted molar refractivity (Wildman–Crippen MR) is 84.1 cm³/mol. The molecule has 3 aromatic rings. The zero-order valence-electron chi connectivity index (χ0n) is 11.3. The lowest BCUT2D eigenvalue weighted by Crippen LogP contribution is -2.12. The smallest absolute Gasteiger partial charge is 0.404 e. The molecule has 1 amide bonds. The molecule has 0 unspecified atom stereocenters. The van der Waals surface area contributed by atoms with E-state index in [1.165, 1.54) is 11.3 Å². The molecule has 0 saturated carbocycles. The van der Waals surface area contributed by atoms with Gasteiger partial charge in [-0.2, -0.15) is 0 Å². The molecule has 0 aliphatic rings. The van der Waals surface area contributed by atoms with E-state index in [4.69, 9.17) is 26.8 Å². The summed E-state index contributed by atoms with van der Waals surface area (Å²) in [5.41, 5.74) is 9.10. The van der Waals surface area contributed by atoms with Gasteiger partial charge in [-0.05, 0) is 12.1 Å². The summed E-state index contributed by atoms with van der Waals surface area (Å²) in [5.74, 6) is 0.561. The number of carbonyl (C=O) groups excluding carboxylic acids is 1. The molecule has 0 saturated heterocycles. The first-order chi connectivity index (χ1) is 10.6. The van der Waals surface area contributed by atoms with Gasteiger partial charge in [0.05, 0.1) is 21.9 Å². The van der Waals surface area contributed by atoms with Crippen molar-refractivity contribution in [2.75, 3.05) is 0 Å². The summed E-state index contributed by atoms with van der Waals surface area (Å²) in [5, 5.41) is 3.32. The highest BCUT2D eigenvalue weighted by molar-refractivity contribution is 7.07. The Morgan fingerprint density at radius 1 is 1.36 bits per heavy atom. The number of hydrogen-bond donors (Lipinski definition) is 2. The fraction of sp³-hybridized carbons (Fsp3) is 0.143. The summed E-state index contributed by atoms with van der Waals surface area (Å²) in [6, 6.07) is 5.43. The molecule has 0 bridgehead atoms. The van der Waals surface area contributed by atoms with Crippen molar-refractivity contribution in [2.24, 2.45) is 5.73 Å². The number of H-pyrrole nitrogens is 1. The van der Waals surface area contributed by atoms with Gasteiger partial charge in [-0.3, -0.25) is 0 Å². The van der Waals surface area contributed by atoms with E-state index >= 15 is 0 Å². The second-order valence-electron chi connectivity index (χ2n) is 4.54. The number of nitrogens with one attached hydrogen (secondary N) is 1. The first-order valence-electron chi connectivity index (χ1n) is 6.35. The van der Waals surface area contributed by atoms with E-state index in [0.29, 0.717) is 17.4 Å². The second kappa shape index (κ2) is 6.25. The zero-order valence-corrected chi connectivity index (χ0v) is 12.9. The van der Waals surface area contributed by atoms with Crippen LogP contribution in [0.15, 0.2) is 29.1 Å². The highest BCUT2D eigenvalue weighted by Gasteiger charge is 2.09. The molecular weight excluding hydrogens is 326 g/mol. The number of aromatic nitrogens is 2. The number of primary amides is 1. The molecule has 0 aliphatic carbocycles. The topological polar surface area (TPSA) is 90.2 Å². The fourth-order valence-corrected chi connectivity index (χ4v) is 2.76. The first kappa shape index (κ1) is 14.7. The average Bonchev–Trinajstić information content (AvgIpc) is 3.11. The van der Waals surface area contributed by atoms with Gasteiger partial charge in [0.2, 0.25) is 0 Å². The molecule has 3 N–H and O–H groups in total. The first-order valence-corrected chi connectivity index (χ1v) is 7.67. The lowest BCUT2D eigenvalue weighted by Gasteiger charge is -2.06. The Hall–Kier alpha value is -2.25. The minimum absolute atomic E-state index is 0.0800. The van der Waals surface area contributed by atoms with Crippen LogP contribution in [0.2, 0.25) is 5.02 Å². The number of aromatic amines is 1. The molecule has 2 heterocycles. The number of halogens is 1. The third kappa shape index (κ3) is 3.32. The Labute approximate surface area is 134 Å². The number of nitrogens with zero attached hydrogens (tertiary/aromatic N) is 1. The number of nitrogens with two attached hydrogens (primary N) is 1. The quantitative estimate of drug-likeness (QED) is 0.746. The van der Waals surface area contributed by atoms with Crippen molar-refractivity contribution in [3.05, 3.63) is 45.5 Å². The number of carbonyl (C=O) groups is 1. The van der Waals surface area contributed by atoms with Gasteiger partial charge in [-0.25, -0.2) is 9.78 Å². The number of rotatable bonds is 5. The Morgan fingerprint density at radius 2 is 2.23 bits per heavy atom. The van der Waals surface area contributed by atoms with Crippen LogP contribution >= 0.6 is 22.9 Å². The summed E-state index contributed by atoms with van der Waals surface area (Å²) < 4.78 is 10.4. The van der Waals surface area contributed by atoms with Crippen LogP contribution in [-0.2, 0) is 18.0 Å². The lowest BCUT2D eigenvalue weighted by atomic mass is 10.2. The van der Waals surface area contributed by atoms with Gasteiger partial charge in [0.1, 0.15) is 19.0 Å². The molecule has 0 radical (unpaired) electrons. The van der Waals surface area contributed by atoms with E-state index in [-0.39, 0.29) is 6.61 Å². The number of fused-ring (bicyclic) bond motifs is 1. The third-order valence-electron chi connectivity index (χ3n) is 2.96. The van der Waals surface area contributed by atoms with Crippen LogP contribution in [0, 0.1) is 0 Å². The molecule has 8 heteroatoms. The molecule has 1 aromatic carbocycles. The number of ether oxygens (including phenoxy) is 2. The highest BCUT2D eigenvalue weighted by atomic mass is 35.5. The molecule has 0 spiro atoms. The van der Waals surface area contributed by atoms with Gasteiger partial charge in [-0.1, -0.05) is 11.6 Å². The Morgan fingerprint density at radius 3 is 2.95 bits per heavy atom. The van der Waals surface area contributed by atoms with Crippen LogP contribution in [0.3, 0.4) is 0 Å². The van der Waals surface area contributed by atoms with Crippen LogP contribution in [0.4, 0.5) is 4.79 Å². The molecule has 6 nitrogen and oxygen atoms in total. The summed E-state index contributed by atoms with van der Waals surface area (Å²) in [4.78, 5) is 17.9. The lowest BCUT2D eigenvalue weighted by molar-refractivity contribution is 0.149. The monoisotopic (exact) mass is 337 g/mol. The summed E-state index contributed by atoms with van der Waals surface area (Å²) in [6.45, 7) is 0.434. The molecule has 2 aromatic heterocycles. The highest BCUT2D eigenvalue weighted by Crippen LogP contribution is 2.31. The maximum Gasteiger partial charge on any atom is 0.404 e. The van der Waals surface area contributed by atoms with Crippen molar-refractivity contribution in [3.8, 4) is 5.75 Å². The van der Waals surface area contributed by atoms with Crippen LogP contribution in [-0.4, -0.2) is 16.1 Å². The largest absolute Gasteiger partial charge is 0.486 e. The van der Waals surface area contributed by atoms with Crippen LogP contribution in [0.1, 0.15) is 11.4 Å². The van der Waals surface area contributed by atoms with Crippen molar-refractivity contribution in [1.82, 2.24) is 9.97 Å². The van der Waals surface area contributed by atoms with Gasteiger partial charge < -0.3 is 20.2 Å². The van der Waals surface area contributed by atoms with Gasteiger partial charge in [0, 0.05) is 22.3 Å². The van der Waals surface area contributed by atoms with E-state index in [1.807, 2.05) is 11.4 Å². The standard InChI is InChI=1S/C14H12ClN3O3S/c15-11-2-8-1-9(4-21-14(16)19)18-12(8)3-13(11)20-5-10-6-22-7-17-10/h1-3,6-7,18H,4-5H2,(H2,16,19). The van der Waals surface area contributed by atoms with Crippen LogP contribution in [0.25, 0.3) is 10.9 Å². The SMILES string of the molecule is NC(=O)OCc1cc2cc(Cl)c(OCc3cscn3)cc2[nH]1. The van der Waals surface area contributed by atoms with Gasteiger partial charge in [-0.15, -0.1) is 11.3 Å². The molecule has 0 aliphatic heterocycles. The van der Waals surface area contributed by atoms with E-state index < -0.39 is 6.09 Å². The fourth-order valence-electron chi connectivity index (χ4n) is 1.99. The normalized spacial score (nSPS) is 10.8. The zero-order chi connectivity index (χ0) is 15.5. The van der Waals surface area contributed by atoms with E-state index in [9.17, 15) is 4.79 Å². The van der Waals surface area contributed by atoms with E-state index in [0.717, 1.165) is 22.3 Å². The van der Waals surface area contributed by atoms with Crippen molar-refractivity contribution < 1.29 is 14.3 Å². The maximum absolute atomic E-state index is 10.6. The Bertz CT molecular complexity index is 801. The number of thiazole rings is 1. The third-order valence-corrected chi connectivity index (χ3v) is 3.89. The van der Waals surface area contributed by atoms with Crippen molar-refractivity contribution in [1.29, 1.82) is 0 Å². The van der Waals surface area contributed by atoms with Gasteiger partial charge in [0.15, 0.2) is 0 Å². The van der Waals surface area contributed by atoms with E-state index in [2.05, 4.69) is 9.97 Å². The number of amides is 1. The van der Waals surface area contributed by atoms with Crippen LogP contribution in [0.5, 0.6) is 5.75 Å². The molecular formula is C14H12ClN3O3S. The van der Waals surface area contributed by atoms with Crippen LogP contribution < -0.4 is 10.5 Å². The Balaban J connectivity index is 1.79.